The third-order valence-corrected chi connectivity index (χ3v) is 8.70. The Hall–Kier alpha value is -2.50. The van der Waals surface area contributed by atoms with Crippen LogP contribution < -0.4 is 10.6 Å². The fourth-order valence-electron chi connectivity index (χ4n) is 5.19. The molecule has 0 radical (unpaired) electrons. The maximum Gasteiger partial charge on any atom is 0.244 e. The number of rotatable bonds is 8. The van der Waals surface area contributed by atoms with Gasteiger partial charge >= 0.3 is 0 Å². The molecule has 4 N–H and O–H groups in total. The van der Waals surface area contributed by atoms with Crippen LogP contribution in [0.25, 0.3) is 20.8 Å². The largest absolute Gasteiger partial charge is 0.390 e. The van der Waals surface area contributed by atoms with Crippen LogP contribution in [0.4, 0.5) is 20.5 Å². The van der Waals surface area contributed by atoms with Crippen molar-refractivity contribution >= 4 is 33.3 Å². The number of anilines is 2. The number of halogens is 2. The van der Waals surface area contributed by atoms with E-state index in [9.17, 15) is 19.0 Å². The molecule has 36 heavy (non-hydrogen) atoms. The molecule has 3 aromatic heterocycles. The van der Waals surface area contributed by atoms with Gasteiger partial charge in [-0.3, -0.25) is 4.98 Å². The maximum absolute atomic E-state index is 13.5. The Bertz CT molecular complexity index is 1280. The van der Waals surface area contributed by atoms with Gasteiger partial charge in [-0.2, -0.15) is 4.98 Å². The predicted molar refractivity (Wildman–Crippen MR) is 134 cm³/mol. The highest BCUT2D eigenvalue weighted by Crippen LogP contribution is 2.45. The highest BCUT2D eigenvalue weighted by Gasteiger charge is 2.46. The number of thiazole rings is 1. The van der Waals surface area contributed by atoms with Crippen LogP contribution in [0.5, 0.6) is 0 Å². The van der Waals surface area contributed by atoms with Crippen LogP contribution in [-0.2, 0) is 0 Å². The second-order valence-corrected chi connectivity index (χ2v) is 11.5. The molecular formula is C25H30F2N6O2S. The molecule has 5 atom stereocenters. The molecule has 3 aromatic rings. The third kappa shape index (κ3) is 4.41. The Morgan fingerprint density at radius 2 is 1.86 bits per heavy atom. The van der Waals surface area contributed by atoms with E-state index < -0.39 is 30.6 Å². The van der Waals surface area contributed by atoms with Crippen molar-refractivity contribution in [1.29, 1.82) is 0 Å². The molecule has 3 fully saturated rings. The van der Waals surface area contributed by atoms with Crippen LogP contribution in [0.15, 0.2) is 12.3 Å². The van der Waals surface area contributed by atoms with Gasteiger partial charge in [-0.15, -0.1) is 11.3 Å². The molecule has 0 bridgehead atoms. The number of nitrogens with one attached hydrogen (secondary N) is 2. The fraction of sp³-hybridized carbons (Fsp3) is 0.600. The molecule has 192 valence electrons. The number of aryl methyl sites for hydroxylation is 1. The minimum Gasteiger partial charge on any atom is -0.390 e. The van der Waals surface area contributed by atoms with Crippen molar-refractivity contribution in [1.82, 2.24) is 19.9 Å². The van der Waals surface area contributed by atoms with Gasteiger partial charge in [-0.05, 0) is 57.9 Å². The van der Waals surface area contributed by atoms with Crippen LogP contribution in [0.3, 0.4) is 0 Å². The van der Waals surface area contributed by atoms with Crippen LogP contribution in [0.1, 0.15) is 56.3 Å². The number of aromatic nitrogens is 4. The van der Waals surface area contributed by atoms with E-state index in [0.29, 0.717) is 39.9 Å². The van der Waals surface area contributed by atoms with Gasteiger partial charge in [0.2, 0.25) is 12.4 Å². The first-order valence-corrected chi connectivity index (χ1v) is 13.4. The monoisotopic (exact) mass is 516 g/mol. The Kier molecular flexibility index (Phi) is 6.04. The lowest BCUT2D eigenvalue weighted by atomic mass is 10.1. The van der Waals surface area contributed by atoms with Crippen molar-refractivity contribution in [3.8, 4) is 10.6 Å². The lowest BCUT2D eigenvalue weighted by Crippen LogP contribution is -2.36. The average Bonchev–Trinajstić information content (AvgIpc) is 3.76. The molecule has 3 aliphatic rings. The highest BCUT2D eigenvalue weighted by molar-refractivity contribution is 7.21. The van der Waals surface area contributed by atoms with E-state index in [4.69, 9.17) is 15.0 Å². The van der Waals surface area contributed by atoms with Gasteiger partial charge in [0.25, 0.3) is 0 Å². The average molecular weight is 517 g/mol. The van der Waals surface area contributed by atoms with Crippen molar-refractivity contribution in [3.63, 3.8) is 0 Å². The number of nitrogens with zero attached hydrogens (tertiary/aromatic N) is 4. The summed E-state index contributed by atoms with van der Waals surface area (Å²) in [7, 11) is 0. The van der Waals surface area contributed by atoms with Crippen LogP contribution in [0, 0.1) is 18.8 Å². The molecule has 8 nitrogen and oxygen atoms in total. The Morgan fingerprint density at radius 3 is 2.53 bits per heavy atom. The molecule has 0 unspecified atom stereocenters. The second kappa shape index (κ2) is 9.11. The number of aliphatic hydroxyl groups is 2. The van der Waals surface area contributed by atoms with Gasteiger partial charge in [-0.25, -0.2) is 18.7 Å². The molecule has 3 aliphatic carbocycles. The molecule has 3 heterocycles. The van der Waals surface area contributed by atoms with E-state index in [0.717, 1.165) is 28.8 Å². The summed E-state index contributed by atoms with van der Waals surface area (Å²) >= 11 is 1.51. The van der Waals surface area contributed by atoms with Crippen molar-refractivity contribution in [2.75, 3.05) is 10.6 Å². The van der Waals surface area contributed by atoms with Crippen LogP contribution in [-0.4, -0.2) is 60.9 Å². The number of fused-ring (bicyclic) bond motifs is 1. The Labute approximate surface area is 211 Å². The zero-order chi connectivity index (χ0) is 25.1. The summed E-state index contributed by atoms with van der Waals surface area (Å²) in [4.78, 5) is 18.9. The van der Waals surface area contributed by atoms with Gasteiger partial charge < -0.3 is 20.8 Å². The highest BCUT2D eigenvalue weighted by atomic mass is 32.1. The number of hydrogen-bond acceptors (Lipinski definition) is 9. The van der Waals surface area contributed by atoms with Crippen LogP contribution >= 0.6 is 11.3 Å². The van der Waals surface area contributed by atoms with Gasteiger partial charge in [0.1, 0.15) is 22.4 Å². The Morgan fingerprint density at radius 1 is 1.08 bits per heavy atom. The summed E-state index contributed by atoms with van der Waals surface area (Å²) in [5, 5.41) is 28.0. The number of aliphatic hydroxyl groups excluding tert-OH is 2. The molecule has 0 saturated heterocycles. The van der Waals surface area contributed by atoms with Crippen molar-refractivity contribution in [3.05, 3.63) is 23.7 Å². The van der Waals surface area contributed by atoms with Crippen molar-refractivity contribution in [2.24, 2.45) is 11.8 Å². The minimum absolute atomic E-state index is 0.0701. The van der Waals surface area contributed by atoms with Crippen molar-refractivity contribution in [2.45, 2.75) is 82.6 Å². The predicted octanol–water partition coefficient (Wildman–Crippen LogP) is 4.33. The summed E-state index contributed by atoms with van der Waals surface area (Å²) in [6, 6.07) is 1.38. The van der Waals surface area contributed by atoms with Crippen LogP contribution in [0.2, 0.25) is 0 Å². The molecule has 11 heteroatoms. The molecule has 3 saturated carbocycles. The zero-order valence-corrected chi connectivity index (χ0v) is 21.0. The first kappa shape index (κ1) is 23.9. The maximum atomic E-state index is 13.5. The van der Waals surface area contributed by atoms with E-state index >= 15 is 0 Å². The lowest BCUT2D eigenvalue weighted by Gasteiger charge is -2.22. The fourth-order valence-corrected chi connectivity index (χ4v) is 6.26. The summed E-state index contributed by atoms with van der Waals surface area (Å²) in [5.41, 5.74) is 3.25. The molecule has 0 aromatic carbocycles. The van der Waals surface area contributed by atoms with Crippen molar-refractivity contribution < 1.29 is 19.0 Å². The van der Waals surface area contributed by atoms with E-state index in [1.54, 1.807) is 0 Å². The van der Waals surface area contributed by atoms with E-state index in [1.807, 2.05) is 19.2 Å². The zero-order valence-electron chi connectivity index (χ0n) is 20.2. The standard InChI is InChI=1S/C25H30F2N6O2S/c1-10(12-3-4-12)29-25-30-11(2)17(23(33-25)31-15-9-14(22(26)27)20(34)21(15)35)24-32-19-16(36-24)7-8-28-18(19)13-5-6-13/h7-8,10,12-15,20-22,34-35H,3-6,9H2,1-2H3,(H2,29,30,31,33)/t10-,14+,15-,20-,21+/m1/s1. The summed E-state index contributed by atoms with van der Waals surface area (Å²) in [6.07, 6.45) is 0.739. The number of alkyl halides is 2. The first-order chi connectivity index (χ1) is 17.3. The normalized spacial score (nSPS) is 27.1. The molecular weight excluding hydrogens is 486 g/mol. The molecule has 6 rings (SSSR count). The molecule has 0 amide bonds. The van der Waals surface area contributed by atoms with Gasteiger partial charge in [0, 0.05) is 18.2 Å². The summed E-state index contributed by atoms with van der Waals surface area (Å²) in [6.45, 7) is 3.98. The SMILES string of the molecule is Cc1nc(N[C@H](C)C2CC2)nc(N[C@@H]2C[C@H](C(F)F)[C@@H](O)[C@H]2O)c1-c1nc2c(C3CC3)nccc2s1. The second-order valence-electron chi connectivity index (χ2n) is 10.4. The van der Waals surface area contributed by atoms with Gasteiger partial charge in [0.15, 0.2) is 0 Å². The third-order valence-electron chi connectivity index (χ3n) is 7.66. The van der Waals surface area contributed by atoms with E-state index in [2.05, 4.69) is 22.5 Å². The molecule has 0 aliphatic heterocycles. The Balaban J connectivity index is 1.40. The quantitative estimate of drug-likeness (QED) is 0.350. The topological polar surface area (TPSA) is 116 Å². The first-order valence-electron chi connectivity index (χ1n) is 12.6. The summed E-state index contributed by atoms with van der Waals surface area (Å²) < 4.78 is 27.9. The summed E-state index contributed by atoms with van der Waals surface area (Å²) in [5.74, 6) is 0.583. The van der Waals surface area contributed by atoms with E-state index in [1.165, 1.54) is 24.2 Å². The van der Waals surface area contributed by atoms with E-state index in [-0.39, 0.29) is 12.5 Å². The number of pyridine rings is 1. The van der Waals surface area contributed by atoms with Gasteiger partial charge in [0.05, 0.1) is 39.7 Å². The number of hydrogen-bond donors (Lipinski definition) is 4. The lowest BCUT2D eigenvalue weighted by molar-refractivity contribution is -0.0333. The smallest absolute Gasteiger partial charge is 0.244 e. The minimum atomic E-state index is -2.72. The van der Waals surface area contributed by atoms with Gasteiger partial charge in [-0.1, -0.05) is 0 Å². The molecule has 0 spiro atoms.